The number of amides is 3. The molecule has 8 heteroatoms. The van der Waals surface area contributed by atoms with E-state index in [0.717, 1.165) is 16.9 Å². The van der Waals surface area contributed by atoms with Crippen molar-refractivity contribution in [3.8, 4) is 5.75 Å². The van der Waals surface area contributed by atoms with Crippen LogP contribution in [-0.4, -0.2) is 53.1 Å². The zero-order valence-corrected chi connectivity index (χ0v) is 21.6. The molecule has 0 bridgehead atoms. The van der Waals surface area contributed by atoms with Gasteiger partial charge in [0.05, 0.1) is 7.11 Å². The average molecular weight is 496 g/mol. The molecule has 35 heavy (non-hydrogen) atoms. The summed E-state index contributed by atoms with van der Waals surface area (Å²) < 4.78 is 4.68. The van der Waals surface area contributed by atoms with Crippen molar-refractivity contribution < 1.29 is 19.1 Å². The molecule has 2 heterocycles. The van der Waals surface area contributed by atoms with Crippen LogP contribution in [0.5, 0.6) is 5.75 Å². The van der Waals surface area contributed by atoms with Crippen LogP contribution in [0.1, 0.15) is 54.6 Å². The SMILES string of the molecule is COc1ccc(CCNC(=O)[C@@H](NC(=O)[C@@H]2N3C(=O)c4ccccc4[C@H]3SC2(C)C)C(C)C)cc1. The summed E-state index contributed by atoms with van der Waals surface area (Å²) in [7, 11) is 1.62. The Balaban J connectivity index is 1.42. The van der Waals surface area contributed by atoms with Crippen LogP contribution in [0.15, 0.2) is 48.5 Å². The Kier molecular flexibility index (Phi) is 7.12. The zero-order valence-electron chi connectivity index (χ0n) is 20.8. The molecule has 4 rings (SSSR count). The van der Waals surface area contributed by atoms with Gasteiger partial charge in [0.15, 0.2) is 0 Å². The molecule has 0 aromatic heterocycles. The van der Waals surface area contributed by atoms with E-state index in [1.54, 1.807) is 23.8 Å². The van der Waals surface area contributed by atoms with E-state index in [4.69, 9.17) is 4.74 Å². The van der Waals surface area contributed by atoms with Crippen LogP contribution < -0.4 is 15.4 Å². The normalized spacial score (nSPS) is 20.9. The van der Waals surface area contributed by atoms with Crippen molar-refractivity contribution >= 4 is 29.5 Å². The minimum atomic E-state index is -0.696. The molecule has 7 nitrogen and oxygen atoms in total. The molecule has 3 atom stereocenters. The van der Waals surface area contributed by atoms with E-state index in [-0.39, 0.29) is 29.0 Å². The number of nitrogens with one attached hydrogen (secondary N) is 2. The second kappa shape index (κ2) is 9.93. The highest BCUT2D eigenvalue weighted by Crippen LogP contribution is 2.56. The molecule has 1 fully saturated rings. The molecule has 2 aliphatic rings. The van der Waals surface area contributed by atoms with E-state index in [0.29, 0.717) is 18.5 Å². The first kappa shape index (κ1) is 25.1. The van der Waals surface area contributed by atoms with Gasteiger partial charge in [-0.05, 0) is 55.5 Å². The van der Waals surface area contributed by atoms with Crippen LogP contribution in [0, 0.1) is 5.92 Å². The fourth-order valence-corrected chi connectivity index (χ4v) is 6.39. The lowest BCUT2D eigenvalue weighted by atomic mass is 9.98. The number of carbonyl (C=O) groups excluding carboxylic acids is 3. The minimum Gasteiger partial charge on any atom is -0.497 e. The van der Waals surface area contributed by atoms with Crippen LogP contribution in [0.4, 0.5) is 0 Å². The van der Waals surface area contributed by atoms with Gasteiger partial charge in [0, 0.05) is 16.9 Å². The molecule has 2 N–H and O–H groups in total. The summed E-state index contributed by atoms with van der Waals surface area (Å²) in [6.07, 6.45) is 0.670. The van der Waals surface area contributed by atoms with Crippen molar-refractivity contribution in [2.75, 3.05) is 13.7 Å². The van der Waals surface area contributed by atoms with Crippen molar-refractivity contribution in [1.82, 2.24) is 15.5 Å². The molecule has 2 aromatic rings. The number of benzene rings is 2. The first-order chi connectivity index (χ1) is 16.6. The summed E-state index contributed by atoms with van der Waals surface area (Å²) in [5.41, 5.74) is 2.68. The van der Waals surface area contributed by atoms with E-state index in [9.17, 15) is 14.4 Å². The molecule has 0 aliphatic carbocycles. The number of hydrogen-bond donors (Lipinski definition) is 2. The molecule has 2 aromatic carbocycles. The highest BCUT2D eigenvalue weighted by atomic mass is 32.2. The molecule has 0 radical (unpaired) electrons. The van der Waals surface area contributed by atoms with E-state index >= 15 is 0 Å². The third kappa shape index (κ3) is 4.89. The fourth-order valence-electron chi connectivity index (χ4n) is 4.80. The maximum Gasteiger partial charge on any atom is 0.256 e. The molecular weight excluding hydrogens is 462 g/mol. The maximum atomic E-state index is 13.6. The number of ether oxygens (including phenoxy) is 1. The second-order valence-corrected chi connectivity index (χ2v) is 11.6. The van der Waals surface area contributed by atoms with Gasteiger partial charge in [0.1, 0.15) is 23.2 Å². The van der Waals surface area contributed by atoms with E-state index in [1.165, 1.54) is 0 Å². The van der Waals surface area contributed by atoms with E-state index in [2.05, 4.69) is 10.6 Å². The number of rotatable bonds is 8. The third-order valence-electron chi connectivity index (χ3n) is 6.66. The number of nitrogens with zero attached hydrogens (tertiary/aromatic N) is 1. The van der Waals surface area contributed by atoms with Crippen LogP contribution in [0.25, 0.3) is 0 Å². The van der Waals surface area contributed by atoms with Crippen molar-refractivity contribution in [3.05, 3.63) is 65.2 Å². The van der Waals surface area contributed by atoms with Crippen molar-refractivity contribution in [1.29, 1.82) is 0 Å². The first-order valence-electron chi connectivity index (χ1n) is 11.9. The van der Waals surface area contributed by atoms with Gasteiger partial charge in [-0.25, -0.2) is 0 Å². The molecule has 0 spiro atoms. The predicted octanol–water partition coefficient (Wildman–Crippen LogP) is 3.54. The predicted molar refractivity (Wildman–Crippen MR) is 137 cm³/mol. The van der Waals surface area contributed by atoms with Gasteiger partial charge < -0.3 is 20.3 Å². The molecule has 186 valence electrons. The average Bonchev–Trinajstić information content (AvgIpc) is 3.26. The van der Waals surface area contributed by atoms with Crippen LogP contribution in [-0.2, 0) is 16.0 Å². The molecule has 3 amide bonds. The Labute approximate surface area is 211 Å². The summed E-state index contributed by atoms with van der Waals surface area (Å²) in [5, 5.41) is 5.73. The number of methoxy groups -OCH3 is 1. The van der Waals surface area contributed by atoms with Crippen LogP contribution in [0.2, 0.25) is 0 Å². The smallest absolute Gasteiger partial charge is 0.256 e. The molecule has 0 saturated carbocycles. The lowest BCUT2D eigenvalue weighted by Gasteiger charge is -2.32. The fraction of sp³-hybridized carbons (Fsp3) is 0.444. The van der Waals surface area contributed by atoms with Gasteiger partial charge >= 0.3 is 0 Å². The molecule has 0 unspecified atom stereocenters. The Morgan fingerprint density at radius 3 is 2.46 bits per heavy atom. The summed E-state index contributed by atoms with van der Waals surface area (Å²) in [4.78, 5) is 41.5. The number of fused-ring (bicyclic) bond motifs is 3. The molecule has 2 aliphatic heterocycles. The van der Waals surface area contributed by atoms with Crippen LogP contribution in [0.3, 0.4) is 0 Å². The number of hydrogen-bond acceptors (Lipinski definition) is 5. The van der Waals surface area contributed by atoms with Crippen molar-refractivity contribution in [2.45, 2.75) is 56.3 Å². The van der Waals surface area contributed by atoms with E-state index in [1.807, 2.05) is 76.2 Å². The standard InChI is InChI=1S/C27H33N3O4S/c1-16(2)21(23(31)28-15-14-17-10-12-18(34-5)13-11-17)29-24(32)22-27(3,4)35-26-20-9-7-6-8-19(20)25(33)30(22)26/h6-13,16,21-22,26H,14-15H2,1-5H3,(H,28,31)(H,29,32)/t21-,22-,26+/m0/s1. The Hall–Kier alpha value is -3.00. The van der Waals surface area contributed by atoms with Gasteiger partial charge in [-0.2, -0.15) is 0 Å². The molecular formula is C27H33N3O4S. The minimum absolute atomic E-state index is 0.112. The zero-order chi connectivity index (χ0) is 25.3. The lowest BCUT2D eigenvalue weighted by Crippen LogP contribution is -2.58. The van der Waals surface area contributed by atoms with Crippen molar-refractivity contribution in [2.24, 2.45) is 5.92 Å². The highest BCUT2D eigenvalue weighted by Gasteiger charge is 2.57. The largest absolute Gasteiger partial charge is 0.497 e. The Morgan fingerprint density at radius 1 is 1.11 bits per heavy atom. The highest BCUT2D eigenvalue weighted by molar-refractivity contribution is 8.01. The quantitative estimate of drug-likeness (QED) is 0.585. The summed E-state index contributed by atoms with van der Waals surface area (Å²) in [5.74, 6) is 0.0245. The van der Waals surface area contributed by atoms with Gasteiger partial charge in [0.25, 0.3) is 5.91 Å². The van der Waals surface area contributed by atoms with E-state index < -0.39 is 16.8 Å². The first-order valence-corrected chi connectivity index (χ1v) is 12.8. The summed E-state index contributed by atoms with van der Waals surface area (Å²) in [6, 6.07) is 13.9. The number of carbonyl (C=O) groups is 3. The van der Waals surface area contributed by atoms with Crippen LogP contribution >= 0.6 is 11.8 Å². The van der Waals surface area contributed by atoms with Gasteiger partial charge in [-0.1, -0.05) is 44.2 Å². The summed E-state index contributed by atoms with van der Waals surface area (Å²) >= 11 is 1.61. The topological polar surface area (TPSA) is 87.7 Å². The van der Waals surface area contributed by atoms with Crippen molar-refractivity contribution in [3.63, 3.8) is 0 Å². The third-order valence-corrected chi connectivity index (χ3v) is 8.20. The lowest BCUT2D eigenvalue weighted by molar-refractivity contribution is -0.132. The Bertz CT molecular complexity index is 1120. The van der Waals surface area contributed by atoms with Gasteiger partial charge in [-0.3, -0.25) is 14.4 Å². The molecule has 1 saturated heterocycles. The maximum absolute atomic E-state index is 13.6. The van der Waals surface area contributed by atoms with Gasteiger partial charge in [0.2, 0.25) is 11.8 Å². The number of thioether (sulfide) groups is 1. The monoisotopic (exact) mass is 495 g/mol. The second-order valence-electron chi connectivity index (χ2n) is 9.90. The Morgan fingerprint density at radius 2 is 1.80 bits per heavy atom. The summed E-state index contributed by atoms with van der Waals surface area (Å²) in [6.45, 7) is 8.23. The van der Waals surface area contributed by atoms with Gasteiger partial charge in [-0.15, -0.1) is 11.8 Å².